The van der Waals surface area contributed by atoms with Crippen molar-refractivity contribution in [3.05, 3.63) is 30.1 Å². The Bertz CT molecular complexity index is 702. The molecule has 1 aliphatic heterocycles. The maximum atomic E-state index is 13.3. The minimum absolute atomic E-state index is 0.129. The van der Waals surface area contributed by atoms with Crippen LogP contribution in [0.25, 0.3) is 0 Å². The van der Waals surface area contributed by atoms with Crippen molar-refractivity contribution in [2.45, 2.75) is 38.8 Å². The van der Waals surface area contributed by atoms with Gasteiger partial charge in [-0.1, -0.05) is 6.07 Å². The highest BCUT2D eigenvalue weighted by Crippen LogP contribution is 2.18. The van der Waals surface area contributed by atoms with Crippen LogP contribution in [-0.2, 0) is 4.79 Å². The van der Waals surface area contributed by atoms with Gasteiger partial charge < -0.3 is 20.3 Å². The number of nitrogens with one attached hydrogen (secondary N) is 2. The monoisotopic (exact) mass is 405 g/mol. The molecule has 1 aromatic carbocycles. The fraction of sp³-hybridized carbons (Fsp3) is 0.619. The Balaban J connectivity index is 1.46. The maximum Gasteiger partial charge on any atom is 0.234 e. The number of ether oxygens (including phenoxy) is 1. The second-order valence-corrected chi connectivity index (χ2v) is 7.69. The number of piperazine rings is 1. The smallest absolute Gasteiger partial charge is 0.234 e. The van der Waals surface area contributed by atoms with Gasteiger partial charge in [0.25, 0.3) is 0 Å². The summed E-state index contributed by atoms with van der Waals surface area (Å²) in [5, 5.41) is 6.38. The van der Waals surface area contributed by atoms with E-state index in [0.29, 0.717) is 24.9 Å². The lowest BCUT2D eigenvalue weighted by Crippen LogP contribution is -2.54. The molecule has 2 fully saturated rings. The topological polar surface area (TPSA) is 69.2 Å². The summed E-state index contributed by atoms with van der Waals surface area (Å²) in [5.74, 6) is 1.18. The zero-order chi connectivity index (χ0) is 20.6. The van der Waals surface area contributed by atoms with Crippen LogP contribution in [0.1, 0.15) is 26.7 Å². The minimum atomic E-state index is -0.310. The van der Waals surface area contributed by atoms with Gasteiger partial charge >= 0.3 is 0 Å². The van der Waals surface area contributed by atoms with Crippen molar-refractivity contribution in [3.63, 3.8) is 0 Å². The first-order valence-corrected chi connectivity index (χ1v) is 10.5. The van der Waals surface area contributed by atoms with E-state index >= 15 is 0 Å². The largest absolute Gasteiger partial charge is 0.489 e. The molecule has 160 valence electrons. The summed E-state index contributed by atoms with van der Waals surface area (Å²) < 4.78 is 19.1. The molecule has 7 nitrogen and oxygen atoms in total. The van der Waals surface area contributed by atoms with Gasteiger partial charge in [-0.3, -0.25) is 9.69 Å². The van der Waals surface area contributed by atoms with Gasteiger partial charge in [-0.25, -0.2) is 9.38 Å². The Morgan fingerprint density at radius 2 is 2.07 bits per heavy atom. The average Bonchev–Trinajstić information content (AvgIpc) is 3.49. The summed E-state index contributed by atoms with van der Waals surface area (Å²) in [4.78, 5) is 21.1. The number of carbonyl (C=O) groups excluding carboxylic acids is 1. The second kappa shape index (κ2) is 10.4. The van der Waals surface area contributed by atoms with Crippen molar-refractivity contribution >= 4 is 11.9 Å². The number of rotatable bonds is 8. The van der Waals surface area contributed by atoms with Gasteiger partial charge in [0.15, 0.2) is 5.96 Å². The van der Waals surface area contributed by atoms with Crippen molar-refractivity contribution in [2.75, 3.05) is 45.8 Å². The molecule has 0 bridgehead atoms. The van der Waals surface area contributed by atoms with Crippen LogP contribution in [-0.4, -0.2) is 79.6 Å². The van der Waals surface area contributed by atoms with Crippen LogP contribution >= 0.6 is 0 Å². The minimum Gasteiger partial charge on any atom is -0.489 e. The van der Waals surface area contributed by atoms with E-state index in [-0.39, 0.29) is 17.8 Å². The summed E-state index contributed by atoms with van der Waals surface area (Å²) >= 11 is 0. The van der Waals surface area contributed by atoms with E-state index < -0.39 is 0 Å². The Morgan fingerprint density at radius 3 is 2.72 bits per heavy atom. The van der Waals surface area contributed by atoms with Crippen LogP contribution < -0.4 is 15.4 Å². The molecular formula is C21H32FN5O2. The predicted molar refractivity (Wildman–Crippen MR) is 112 cm³/mol. The zero-order valence-electron chi connectivity index (χ0n) is 17.4. The molecule has 1 aliphatic carbocycles. The van der Waals surface area contributed by atoms with Crippen LogP contribution in [0.3, 0.4) is 0 Å². The Labute approximate surface area is 172 Å². The first-order chi connectivity index (χ1) is 14.0. The van der Waals surface area contributed by atoms with Crippen LogP contribution in [0.2, 0.25) is 0 Å². The summed E-state index contributed by atoms with van der Waals surface area (Å²) in [6, 6.07) is 6.56. The SMILES string of the molecule is CCNC(=NCC(C)Oc1cccc(F)c1)N1CCN(CC(=O)NC2CC2)CC1. The van der Waals surface area contributed by atoms with Crippen molar-refractivity contribution in [3.8, 4) is 5.75 Å². The van der Waals surface area contributed by atoms with Crippen LogP contribution in [0, 0.1) is 5.82 Å². The van der Waals surface area contributed by atoms with Gasteiger partial charge in [-0.15, -0.1) is 0 Å². The van der Waals surface area contributed by atoms with Gasteiger partial charge in [0.2, 0.25) is 5.91 Å². The van der Waals surface area contributed by atoms with Crippen molar-refractivity contribution in [1.82, 2.24) is 20.4 Å². The van der Waals surface area contributed by atoms with Crippen molar-refractivity contribution in [2.24, 2.45) is 4.99 Å². The van der Waals surface area contributed by atoms with E-state index in [9.17, 15) is 9.18 Å². The number of aliphatic imine (C=N–C) groups is 1. The number of hydrogen-bond acceptors (Lipinski definition) is 4. The number of hydrogen-bond donors (Lipinski definition) is 2. The average molecular weight is 406 g/mol. The lowest BCUT2D eigenvalue weighted by Gasteiger charge is -2.36. The first-order valence-electron chi connectivity index (χ1n) is 10.5. The fourth-order valence-corrected chi connectivity index (χ4v) is 3.27. The molecule has 1 atom stereocenters. The van der Waals surface area contributed by atoms with Crippen LogP contribution in [0.4, 0.5) is 4.39 Å². The zero-order valence-corrected chi connectivity index (χ0v) is 17.4. The summed E-state index contributed by atoms with van der Waals surface area (Å²) in [5.41, 5.74) is 0. The van der Waals surface area contributed by atoms with Gasteiger partial charge in [0.05, 0.1) is 13.1 Å². The van der Waals surface area contributed by atoms with Crippen molar-refractivity contribution in [1.29, 1.82) is 0 Å². The molecule has 2 aliphatic rings. The predicted octanol–water partition coefficient (Wildman–Crippen LogP) is 1.45. The van der Waals surface area contributed by atoms with Gasteiger partial charge in [-0.2, -0.15) is 0 Å². The molecule has 1 saturated heterocycles. The molecule has 1 saturated carbocycles. The molecule has 1 unspecified atom stereocenters. The molecule has 2 N–H and O–H groups in total. The quantitative estimate of drug-likeness (QED) is 0.506. The molecule has 8 heteroatoms. The molecule has 29 heavy (non-hydrogen) atoms. The Morgan fingerprint density at radius 1 is 1.31 bits per heavy atom. The summed E-state index contributed by atoms with van der Waals surface area (Å²) in [7, 11) is 0. The van der Waals surface area contributed by atoms with Crippen LogP contribution in [0.5, 0.6) is 5.75 Å². The highest BCUT2D eigenvalue weighted by molar-refractivity contribution is 5.80. The van der Waals surface area contributed by atoms with E-state index in [1.807, 2.05) is 13.8 Å². The Hall–Kier alpha value is -2.35. The number of nitrogens with zero attached hydrogens (tertiary/aromatic N) is 3. The third kappa shape index (κ3) is 7.20. The molecule has 1 aromatic rings. The Kier molecular flexibility index (Phi) is 7.69. The normalized spacial score (nSPS) is 19.0. The fourth-order valence-electron chi connectivity index (χ4n) is 3.27. The number of benzene rings is 1. The van der Waals surface area contributed by atoms with E-state index in [1.54, 1.807) is 12.1 Å². The van der Waals surface area contributed by atoms with E-state index in [4.69, 9.17) is 9.73 Å². The maximum absolute atomic E-state index is 13.3. The standard InChI is InChI=1S/C21H32FN5O2/c1-3-23-21(24-14-16(2)29-19-6-4-5-17(22)13-19)27-11-9-26(10-12-27)15-20(28)25-18-7-8-18/h4-6,13,16,18H,3,7-12,14-15H2,1-2H3,(H,23,24)(H,25,28). The molecule has 0 radical (unpaired) electrons. The highest BCUT2D eigenvalue weighted by atomic mass is 19.1. The summed E-state index contributed by atoms with van der Waals surface area (Å²) in [6.45, 7) is 9.00. The molecule has 0 spiro atoms. The lowest BCUT2D eigenvalue weighted by molar-refractivity contribution is -0.122. The second-order valence-electron chi connectivity index (χ2n) is 7.69. The van der Waals surface area contributed by atoms with E-state index in [1.165, 1.54) is 12.1 Å². The molecule has 0 aromatic heterocycles. The number of carbonyl (C=O) groups is 1. The lowest BCUT2D eigenvalue weighted by atomic mass is 10.3. The van der Waals surface area contributed by atoms with Gasteiger partial charge in [0.1, 0.15) is 17.7 Å². The third-order valence-electron chi connectivity index (χ3n) is 4.95. The summed E-state index contributed by atoms with van der Waals surface area (Å²) in [6.07, 6.45) is 2.06. The number of guanidine groups is 1. The molecule has 1 heterocycles. The van der Waals surface area contributed by atoms with Crippen molar-refractivity contribution < 1.29 is 13.9 Å². The van der Waals surface area contributed by atoms with Crippen LogP contribution in [0.15, 0.2) is 29.3 Å². The number of amides is 1. The highest BCUT2D eigenvalue weighted by Gasteiger charge is 2.26. The van der Waals surface area contributed by atoms with Gasteiger partial charge in [-0.05, 0) is 38.8 Å². The first kappa shape index (κ1) is 21.4. The van der Waals surface area contributed by atoms with E-state index in [0.717, 1.165) is 51.5 Å². The molecule has 1 amide bonds. The third-order valence-corrected chi connectivity index (χ3v) is 4.95. The molecule has 3 rings (SSSR count). The van der Waals surface area contributed by atoms with E-state index in [2.05, 4.69) is 20.4 Å². The number of halogens is 1. The molecular weight excluding hydrogens is 373 g/mol. The van der Waals surface area contributed by atoms with Gasteiger partial charge in [0, 0.05) is 44.8 Å².